The molecular weight excluding hydrogens is 398 g/mol. The van der Waals surface area contributed by atoms with E-state index in [1.807, 2.05) is 54.7 Å². The van der Waals surface area contributed by atoms with E-state index in [9.17, 15) is 0 Å². The van der Waals surface area contributed by atoms with Gasteiger partial charge in [-0.2, -0.15) is 5.10 Å². The number of benzene rings is 3. The number of ether oxygens (including phenoxy) is 2. The van der Waals surface area contributed by atoms with Crippen LogP contribution in [0, 0.1) is 6.92 Å². The summed E-state index contributed by atoms with van der Waals surface area (Å²) in [6.45, 7) is 7.52. The van der Waals surface area contributed by atoms with Crippen LogP contribution < -0.4 is 9.47 Å². The molecule has 1 aliphatic heterocycles. The zero-order chi connectivity index (χ0) is 22.2. The molecule has 1 saturated heterocycles. The SMILES string of the molecule is COc1cc(/C=N/N2CCN(Cc3ccc(C)cc3)CC2)ccc1OCc1ccccc1. The Hall–Kier alpha value is -3.31. The highest BCUT2D eigenvalue weighted by atomic mass is 16.5. The van der Waals surface area contributed by atoms with E-state index < -0.39 is 0 Å². The van der Waals surface area contributed by atoms with Crippen LogP contribution in [0.1, 0.15) is 22.3 Å². The maximum absolute atomic E-state index is 5.95. The molecule has 1 fully saturated rings. The molecule has 0 amide bonds. The molecule has 0 aromatic heterocycles. The van der Waals surface area contributed by atoms with Gasteiger partial charge in [-0.05, 0) is 41.8 Å². The fourth-order valence-electron chi connectivity index (χ4n) is 3.73. The highest BCUT2D eigenvalue weighted by Gasteiger charge is 2.15. The Balaban J connectivity index is 1.29. The molecule has 32 heavy (non-hydrogen) atoms. The van der Waals surface area contributed by atoms with Gasteiger partial charge in [0, 0.05) is 32.7 Å². The van der Waals surface area contributed by atoms with E-state index >= 15 is 0 Å². The number of hydrazone groups is 1. The number of nitrogens with zero attached hydrogens (tertiary/aromatic N) is 3. The van der Waals surface area contributed by atoms with Crippen LogP contribution in [0.15, 0.2) is 77.9 Å². The van der Waals surface area contributed by atoms with Crippen LogP contribution in [0.5, 0.6) is 11.5 Å². The van der Waals surface area contributed by atoms with E-state index in [4.69, 9.17) is 14.6 Å². The van der Waals surface area contributed by atoms with E-state index in [0.717, 1.165) is 49.6 Å². The van der Waals surface area contributed by atoms with E-state index in [1.54, 1.807) is 7.11 Å². The molecule has 0 radical (unpaired) electrons. The number of rotatable bonds is 8. The molecule has 0 bridgehead atoms. The van der Waals surface area contributed by atoms with Crippen molar-refractivity contribution in [3.63, 3.8) is 0 Å². The van der Waals surface area contributed by atoms with Crippen LogP contribution >= 0.6 is 0 Å². The first-order valence-corrected chi connectivity index (χ1v) is 11.1. The smallest absolute Gasteiger partial charge is 0.161 e. The maximum atomic E-state index is 5.95. The van der Waals surface area contributed by atoms with Crippen LogP contribution in [0.2, 0.25) is 0 Å². The van der Waals surface area contributed by atoms with Crippen molar-refractivity contribution in [1.29, 1.82) is 0 Å². The molecule has 5 nitrogen and oxygen atoms in total. The second-order valence-corrected chi connectivity index (χ2v) is 8.14. The zero-order valence-corrected chi connectivity index (χ0v) is 18.9. The topological polar surface area (TPSA) is 37.3 Å². The van der Waals surface area contributed by atoms with Gasteiger partial charge in [0.25, 0.3) is 0 Å². The van der Waals surface area contributed by atoms with Crippen LogP contribution in [0.4, 0.5) is 0 Å². The van der Waals surface area contributed by atoms with Crippen molar-refractivity contribution in [1.82, 2.24) is 9.91 Å². The molecule has 1 aliphatic rings. The van der Waals surface area contributed by atoms with Gasteiger partial charge in [0.15, 0.2) is 11.5 Å². The standard InChI is InChI=1S/C27H31N3O2/c1-22-8-10-23(11-9-22)20-29-14-16-30(17-15-29)28-19-25-12-13-26(27(18-25)31-2)32-21-24-6-4-3-5-7-24/h3-13,18-19H,14-17,20-21H2,1-2H3/b28-19+. The Kier molecular flexibility index (Phi) is 7.41. The first-order valence-electron chi connectivity index (χ1n) is 11.1. The van der Waals surface area contributed by atoms with Gasteiger partial charge in [0.2, 0.25) is 0 Å². The van der Waals surface area contributed by atoms with Crippen LogP contribution in [0.3, 0.4) is 0 Å². The molecular formula is C27H31N3O2. The lowest BCUT2D eigenvalue weighted by Crippen LogP contribution is -2.43. The summed E-state index contributed by atoms with van der Waals surface area (Å²) in [5, 5.41) is 6.83. The van der Waals surface area contributed by atoms with Gasteiger partial charge >= 0.3 is 0 Å². The number of piperazine rings is 1. The van der Waals surface area contributed by atoms with Crippen LogP contribution in [-0.2, 0) is 13.2 Å². The molecule has 0 unspecified atom stereocenters. The number of hydrogen-bond acceptors (Lipinski definition) is 5. The lowest BCUT2D eigenvalue weighted by atomic mass is 10.1. The number of aryl methyl sites for hydroxylation is 1. The average Bonchev–Trinajstić information content (AvgIpc) is 2.84. The normalized spacial score (nSPS) is 14.6. The highest BCUT2D eigenvalue weighted by Crippen LogP contribution is 2.28. The molecule has 0 aliphatic carbocycles. The molecule has 4 rings (SSSR count). The van der Waals surface area contributed by atoms with Gasteiger partial charge in [-0.15, -0.1) is 0 Å². The second-order valence-electron chi connectivity index (χ2n) is 8.14. The van der Waals surface area contributed by atoms with Gasteiger partial charge < -0.3 is 9.47 Å². The summed E-state index contributed by atoms with van der Waals surface area (Å²) in [6.07, 6.45) is 1.90. The van der Waals surface area contributed by atoms with E-state index in [-0.39, 0.29) is 0 Å². The fourth-order valence-corrected chi connectivity index (χ4v) is 3.73. The molecule has 0 saturated carbocycles. The summed E-state index contributed by atoms with van der Waals surface area (Å²) in [4.78, 5) is 2.48. The Labute approximate surface area is 190 Å². The van der Waals surface area contributed by atoms with Crippen LogP contribution in [0.25, 0.3) is 0 Å². The third-order valence-electron chi connectivity index (χ3n) is 5.67. The van der Waals surface area contributed by atoms with Crippen molar-refractivity contribution >= 4 is 6.21 Å². The Morgan fingerprint density at radius 3 is 2.31 bits per heavy atom. The highest BCUT2D eigenvalue weighted by molar-refractivity contribution is 5.80. The Morgan fingerprint density at radius 2 is 1.59 bits per heavy atom. The van der Waals surface area contributed by atoms with Crippen LogP contribution in [-0.4, -0.2) is 49.4 Å². The molecule has 1 heterocycles. The van der Waals surface area contributed by atoms with Crippen molar-refractivity contribution in [2.24, 2.45) is 5.10 Å². The van der Waals surface area contributed by atoms with Crippen molar-refractivity contribution in [2.75, 3.05) is 33.3 Å². The summed E-state index contributed by atoms with van der Waals surface area (Å²) in [6, 6.07) is 24.9. The minimum Gasteiger partial charge on any atom is -0.493 e. The van der Waals surface area contributed by atoms with Crippen molar-refractivity contribution in [2.45, 2.75) is 20.1 Å². The summed E-state index contributed by atoms with van der Waals surface area (Å²) < 4.78 is 11.5. The van der Waals surface area contributed by atoms with Gasteiger partial charge in [0.1, 0.15) is 6.61 Å². The predicted octanol–water partition coefficient (Wildman–Crippen LogP) is 4.73. The van der Waals surface area contributed by atoms with Crippen molar-refractivity contribution in [3.05, 3.63) is 95.1 Å². The Morgan fingerprint density at radius 1 is 0.844 bits per heavy atom. The first kappa shape index (κ1) is 21.9. The predicted molar refractivity (Wildman–Crippen MR) is 129 cm³/mol. The molecule has 0 N–H and O–H groups in total. The minimum absolute atomic E-state index is 0.511. The van der Waals surface area contributed by atoms with E-state index in [0.29, 0.717) is 12.4 Å². The van der Waals surface area contributed by atoms with E-state index in [1.165, 1.54) is 11.1 Å². The molecule has 0 atom stereocenters. The Bertz CT molecular complexity index is 1010. The summed E-state index contributed by atoms with van der Waals surface area (Å²) >= 11 is 0. The summed E-state index contributed by atoms with van der Waals surface area (Å²) in [5.74, 6) is 1.45. The largest absolute Gasteiger partial charge is 0.493 e. The maximum Gasteiger partial charge on any atom is 0.161 e. The molecule has 0 spiro atoms. The summed E-state index contributed by atoms with van der Waals surface area (Å²) in [5.41, 5.74) is 4.80. The average molecular weight is 430 g/mol. The summed E-state index contributed by atoms with van der Waals surface area (Å²) in [7, 11) is 1.67. The third kappa shape index (κ3) is 6.11. The van der Waals surface area contributed by atoms with Gasteiger partial charge in [0.05, 0.1) is 13.3 Å². The minimum atomic E-state index is 0.511. The molecule has 5 heteroatoms. The zero-order valence-electron chi connectivity index (χ0n) is 18.9. The molecule has 166 valence electrons. The first-order chi connectivity index (χ1) is 15.7. The molecule has 3 aromatic carbocycles. The van der Waals surface area contributed by atoms with E-state index in [2.05, 4.69) is 41.1 Å². The third-order valence-corrected chi connectivity index (χ3v) is 5.67. The fraction of sp³-hybridized carbons (Fsp3) is 0.296. The van der Waals surface area contributed by atoms with Crippen molar-refractivity contribution < 1.29 is 9.47 Å². The molecule has 3 aromatic rings. The monoisotopic (exact) mass is 429 g/mol. The quantitative estimate of drug-likeness (QED) is 0.485. The van der Waals surface area contributed by atoms with Gasteiger partial charge in [-0.25, -0.2) is 0 Å². The number of methoxy groups -OCH3 is 1. The lowest BCUT2D eigenvalue weighted by molar-refractivity contribution is 0.131. The van der Waals surface area contributed by atoms with Gasteiger partial charge in [-0.3, -0.25) is 9.91 Å². The number of hydrogen-bond donors (Lipinski definition) is 0. The van der Waals surface area contributed by atoms with Crippen molar-refractivity contribution in [3.8, 4) is 11.5 Å². The lowest BCUT2D eigenvalue weighted by Gasteiger charge is -2.33. The van der Waals surface area contributed by atoms with Gasteiger partial charge in [-0.1, -0.05) is 60.2 Å². The second kappa shape index (κ2) is 10.8.